The van der Waals surface area contributed by atoms with Gasteiger partial charge in [0.25, 0.3) is 5.91 Å². The zero-order chi connectivity index (χ0) is 14.5. The molecule has 20 heavy (non-hydrogen) atoms. The van der Waals surface area contributed by atoms with Gasteiger partial charge < -0.3 is 10.2 Å². The number of carbonyl (C=O) groups excluding carboxylic acids is 1. The van der Waals surface area contributed by atoms with Crippen LogP contribution in [-0.2, 0) is 11.3 Å². The highest BCUT2D eigenvalue weighted by molar-refractivity contribution is 7.09. The molecule has 0 radical (unpaired) electrons. The molecule has 1 heterocycles. The van der Waals surface area contributed by atoms with E-state index in [4.69, 9.17) is 0 Å². The molecule has 0 bridgehead atoms. The van der Waals surface area contributed by atoms with E-state index in [1.807, 2.05) is 39.1 Å². The van der Waals surface area contributed by atoms with Crippen molar-refractivity contribution in [3.8, 4) is 0 Å². The fourth-order valence-corrected chi connectivity index (χ4v) is 2.93. The highest BCUT2D eigenvalue weighted by Crippen LogP contribution is 2.15. The molecule has 3 nitrogen and oxygen atoms in total. The van der Waals surface area contributed by atoms with Crippen molar-refractivity contribution in [1.82, 2.24) is 0 Å². The van der Waals surface area contributed by atoms with Gasteiger partial charge in [-0.05, 0) is 42.5 Å². The van der Waals surface area contributed by atoms with Crippen LogP contribution >= 0.6 is 11.3 Å². The molecule has 1 aromatic heterocycles. The molecule has 0 fully saturated rings. The van der Waals surface area contributed by atoms with Crippen molar-refractivity contribution in [1.29, 1.82) is 0 Å². The summed E-state index contributed by atoms with van der Waals surface area (Å²) in [5.74, 6) is 0.0627. The van der Waals surface area contributed by atoms with Crippen LogP contribution in [0.2, 0.25) is 0 Å². The molecule has 0 saturated heterocycles. The predicted octanol–water partition coefficient (Wildman–Crippen LogP) is 2.02. The number of amides is 1. The third-order valence-corrected chi connectivity index (χ3v) is 4.06. The predicted molar refractivity (Wildman–Crippen MR) is 84.3 cm³/mol. The molecule has 0 saturated carbocycles. The summed E-state index contributed by atoms with van der Waals surface area (Å²) < 4.78 is 0. The lowest BCUT2D eigenvalue weighted by Crippen LogP contribution is -3.08. The Morgan fingerprint density at radius 1 is 1.30 bits per heavy atom. The first-order valence-corrected chi connectivity index (χ1v) is 7.63. The van der Waals surface area contributed by atoms with E-state index in [2.05, 4.69) is 22.8 Å². The third kappa shape index (κ3) is 4.18. The van der Waals surface area contributed by atoms with Crippen LogP contribution in [0.25, 0.3) is 0 Å². The Bertz CT molecular complexity index is 578. The van der Waals surface area contributed by atoms with Gasteiger partial charge in [-0.15, -0.1) is 11.3 Å². The number of thiophene rings is 1. The van der Waals surface area contributed by atoms with Gasteiger partial charge in [0.2, 0.25) is 0 Å². The SMILES string of the molecule is Cc1ccc(C)c(NC(=O)C[NH+](C)Cc2cccs2)c1. The van der Waals surface area contributed by atoms with E-state index < -0.39 is 0 Å². The van der Waals surface area contributed by atoms with Crippen LogP contribution in [0.4, 0.5) is 5.69 Å². The second kappa shape index (κ2) is 6.68. The second-order valence-electron chi connectivity index (χ2n) is 5.26. The molecule has 0 spiro atoms. The summed E-state index contributed by atoms with van der Waals surface area (Å²) in [6, 6.07) is 10.3. The van der Waals surface area contributed by atoms with Crippen LogP contribution in [0.5, 0.6) is 0 Å². The average molecular weight is 289 g/mol. The van der Waals surface area contributed by atoms with Gasteiger partial charge in [-0.1, -0.05) is 18.2 Å². The van der Waals surface area contributed by atoms with Gasteiger partial charge in [0.05, 0.1) is 11.9 Å². The number of nitrogens with one attached hydrogen (secondary N) is 2. The Hall–Kier alpha value is -1.65. The highest BCUT2D eigenvalue weighted by Gasteiger charge is 2.12. The Balaban J connectivity index is 1.90. The number of likely N-dealkylation sites (N-methyl/N-ethyl adjacent to an activating group) is 1. The quantitative estimate of drug-likeness (QED) is 0.867. The fourth-order valence-electron chi connectivity index (χ4n) is 2.11. The summed E-state index contributed by atoms with van der Waals surface area (Å²) in [6.45, 7) is 5.41. The molecule has 2 N–H and O–H groups in total. The molecule has 1 atom stereocenters. The number of aryl methyl sites for hydroxylation is 2. The zero-order valence-corrected chi connectivity index (χ0v) is 13.0. The molecule has 1 aromatic carbocycles. The monoisotopic (exact) mass is 289 g/mol. The van der Waals surface area contributed by atoms with Crippen LogP contribution < -0.4 is 10.2 Å². The van der Waals surface area contributed by atoms with E-state index in [9.17, 15) is 4.79 Å². The average Bonchev–Trinajstić information content (AvgIpc) is 2.86. The van der Waals surface area contributed by atoms with E-state index in [1.54, 1.807) is 11.3 Å². The zero-order valence-electron chi connectivity index (χ0n) is 12.2. The number of quaternary nitrogens is 1. The third-order valence-electron chi connectivity index (χ3n) is 3.19. The first kappa shape index (κ1) is 14.8. The molecule has 0 aliphatic heterocycles. The van der Waals surface area contributed by atoms with E-state index in [-0.39, 0.29) is 5.91 Å². The summed E-state index contributed by atoms with van der Waals surface area (Å²) in [5.41, 5.74) is 3.17. The van der Waals surface area contributed by atoms with Crippen molar-refractivity contribution < 1.29 is 9.69 Å². The van der Waals surface area contributed by atoms with Gasteiger partial charge in [-0.3, -0.25) is 4.79 Å². The maximum atomic E-state index is 12.1. The van der Waals surface area contributed by atoms with Crippen molar-refractivity contribution in [3.63, 3.8) is 0 Å². The van der Waals surface area contributed by atoms with Crippen molar-refractivity contribution in [2.75, 3.05) is 18.9 Å². The molecule has 4 heteroatoms. The first-order chi connectivity index (χ1) is 9.54. The lowest BCUT2D eigenvalue weighted by Gasteiger charge is -2.14. The van der Waals surface area contributed by atoms with Crippen LogP contribution in [0.15, 0.2) is 35.7 Å². The number of hydrogen-bond acceptors (Lipinski definition) is 2. The Morgan fingerprint density at radius 2 is 2.10 bits per heavy atom. The minimum absolute atomic E-state index is 0.0627. The van der Waals surface area contributed by atoms with Gasteiger partial charge in [0.1, 0.15) is 6.54 Å². The largest absolute Gasteiger partial charge is 0.325 e. The van der Waals surface area contributed by atoms with Gasteiger partial charge in [0, 0.05) is 5.69 Å². The van der Waals surface area contributed by atoms with Crippen LogP contribution in [-0.4, -0.2) is 19.5 Å². The number of benzene rings is 1. The molecule has 0 aliphatic rings. The smallest absolute Gasteiger partial charge is 0.279 e. The fraction of sp³-hybridized carbons (Fsp3) is 0.312. The van der Waals surface area contributed by atoms with Gasteiger partial charge in [-0.2, -0.15) is 0 Å². The van der Waals surface area contributed by atoms with Gasteiger partial charge in [-0.25, -0.2) is 0 Å². The highest BCUT2D eigenvalue weighted by atomic mass is 32.1. The topological polar surface area (TPSA) is 33.5 Å². The number of anilines is 1. The molecule has 1 unspecified atom stereocenters. The molecule has 2 rings (SSSR count). The summed E-state index contributed by atoms with van der Waals surface area (Å²) >= 11 is 1.73. The minimum atomic E-state index is 0.0627. The van der Waals surface area contributed by atoms with Gasteiger partial charge in [0.15, 0.2) is 6.54 Å². The standard InChI is InChI=1S/C16H20N2OS/c1-12-6-7-13(2)15(9-12)17-16(19)11-18(3)10-14-5-4-8-20-14/h4-9H,10-11H2,1-3H3,(H,17,19)/p+1. The van der Waals surface area contributed by atoms with Crippen molar-refractivity contribution in [2.45, 2.75) is 20.4 Å². The Kier molecular flexibility index (Phi) is 4.93. The van der Waals surface area contributed by atoms with Crippen LogP contribution in [0.3, 0.4) is 0 Å². The lowest BCUT2D eigenvalue weighted by atomic mass is 10.1. The summed E-state index contributed by atoms with van der Waals surface area (Å²) in [5, 5.41) is 5.07. The van der Waals surface area contributed by atoms with E-state index in [1.165, 1.54) is 9.78 Å². The minimum Gasteiger partial charge on any atom is -0.325 e. The maximum absolute atomic E-state index is 12.1. The van der Waals surface area contributed by atoms with E-state index in [0.717, 1.165) is 23.4 Å². The Labute approximate surface area is 124 Å². The number of carbonyl (C=O) groups is 1. The summed E-state index contributed by atoms with van der Waals surface area (Å²) in [7, 11) is 2.04. The van der Waals surface area contributed by atoms with E-state index in [0.29, 0.717) is 6.54 Å². The molecule has 0 aliphatic carbocycles. The van der Waals surface area contributed by atoms with Gasteiger partial charge >= 0.3 is 0 Å². The molecule has 1 amide bonds. The molecular formula is C16H21N2OS+. The van der Waals surface area contributed by atoms with Crippen molar-refractivity contribution >= 4 is 22.9 Å². The number of hydrogen-bond donors (Lipinski definition) is 2. The second-order valence-corrected chi connectivity index (χ2v) is 6.29. The normalized spacial score (nSPS) is 12.2. The molecule has 106 valence electrons. The molecule has 2 aromatic rings. The summed E-state index contributed by atoms with van der Waals surface area (Å²) in [6.07, 6.45) is 0. The number of rotatable bonds is 5. The van der Waals surface area contributed by atoms with Crippen molar-refractivity contribution in [3.05, 3.63) is 51.7 Å². The summed E-state index contributed by atoms with van der Waals surface area (Å²) in [4.78, 5) is 14.6. The first-order valence-electron chi connectivity index (χ1n) is 6.75. The maximum Gasteiger partial charge on any atom is 0.279 e. The van der Waals surface area contributed by atoms with Crippen LogP contribution in [0, 0.1) is 13.8 Å². The Morgan fingerprint density at radius 3 is 2.80 bits per heavy atom. The molecular weight excluding hydrogens is 268 g/mol. The van der Waals surface area contributed by atoms with E-state index >= 15 is 0 Å². The lowest BCUT2D eigenvalue weighted by molar-refractivity contribution is -0.884. The van der Waals surface area contributed by atoms with Crippen molar-refractivity contribution in [2.24, 2.45) is 0 Å². The van der Waals surface area contributed by atoms with Crippen LogP contribution in [0.1, 0.15) is 16.0 Å².